The summed E-state index contributed by atoms with van der Waals surface area (Å²) >= 11 is 1.43. The second kappa shape index (κ2) is 10.3. The number of rotatable bonds is 6. The quantitative estimate of drug-likeness (QED) is 0.516. The van der Waals surface area contributed by atoms with Crippen molar-refractivity contribution in [3.05, 3.63) is 50.8 Å². The van der Waals surface area contributed by atoms with Gasteiger partial charge < -0.3 is 9.88 Å². The van der Waals surface area contributed by atoms with Crippen LogP contribution in [0, 0.1) is 0 Å². The third-order valence-electron chi connectivity index (χ3n) is 5.54. The number of nitrogens with zero attached hydrogens (tertiary/aromatic N) is 2. The normalized spacial score (nSPS) is 16.3. The van der Waals surface area contributed by atoms with E-state index in [-0.39, 0.29) is 24.1 Å². The highest BCUT2D eigenvalue weighted by Crippen LogP contribution is 2.36. The first-order chi connectivity index (χ1) is 15.5. The topological polar surface area (TPSA) is 46.4 Å². The highest BCUT2D eigenvalue weighted by atomic mass is 32.1. The molecule has 1 heterocycles. The number of carbonyl (C=O) groups excluding carboxylic acids is 1. The van der Waals surface area contributed by atoms with E-state index < -0.39 is 35.9 Å². The van der Waals surface area contributed by atoms with E-state index in [9.17, 15) is 31.1 Å². The van der Waals surface area contributed by atoms with Gasteiger partial charge in [-0.3, -0.25) is 9.79 Å². The molecular formula is C22H25F6N3OS. The van der Waals surface area contributed by atoms with Crippen LogP contribution in [0.15, 0.2) is 28.6 Å². The van der Waals surface area contributed by atoms with E-state index in [4.69, 9.17) is 4.99 Å². The van der Waals surface area contributed by atoms with Crippen LogP contribution in [0.3, 0.4) is 0 Å². The molecule has 0 atom stereocenters. The van der Waals surface area contributed by atoms with Crippen molar-refractivity contribution in [2.45, 2.75) is 76.9 Å². The molecule has 4 nitrogen and oxygen atoms in total. The van der Waals surface area contributed by atoms with E-state index in [1.165, 1.54) is 17.8 Å². The first-order valence-corrected chi connectivity index (χ1v) is 11.6. The lowest BCUT2D eigenvalue weighted by Gasteiger charge is -2.17. The monoisotopic (exact) mass is 493 g/mol. The molecule has 0 bridgehead atoms. The van der Waals surface area contributed by atoms with Crippen molar-refractivity contribution < 1.29 is 31.1 Å². The van der Waals surface area contributed by atoms with Gasteiger partial charge in [0.2, 0.25) is 5.91 Å². The fraction of sp³-hybridized carbons (Fsp3) is 0.545. The molecule has 1 aromatic heterocycles. The first kappa shape index (κ1) is 25.3. The minimum Gasteiger partial charge on any atom is -0.352 e. The molecule has 1 amide bonds. The van der Waals surface area contributed by atoms with Crippen molar-refractivity contribution >= 4 is 17.2 Å². The largest absolute Gasteiger partial charge is 0.416 e. The third kappa shape index (κ3) is 6.84. The summed E-state index contributed by atoms with van der Waals surface area (Å²) in [4.78, 5) is 18.1. The van der Waals surface area contributed by atoms with E-state index in [0.717, 1.165) is 30.5 Å². The molecule has 1 aromatic carbocycles. The fourth-order valence-corrected chi connectivity index (χ4v) is 4.90. The second-order valence-corrected chi connectivity index (χ2v) is 8.88. The molecule has 3 rings (SSSR count). The summed E-state index contributed by atoms with van der Waals surface area (Å²) in [7, 11) is 0. The van der Waals surface area contributed by atoms with Gasteiger partial charge in [-0.15, -0.1) is 11.3 Å². The van der Waals surface area contributed by atoms with Crippen LogP contribution in [0.5, 0.6) is 0 Å². The van der Waals surface area contributed by atoms with Crippen LogP contribution in [0.25, 0.3) is 0 Å². The van der Waals surface area contributed by atoms with Crippen LogP contribution in [0.4, 0.5) is 26.3 Å². The number of benzene rings is 1. The molecule has 0 aliphatic heterocycles. The van der Waals surface area contributed by atoms with E-state index in [1.54, 1.807) is 0 Å². The number of thiazole rings is 1. The van der Waals surface area contributed by atoms with Gasteiger partial charge in [-0.1, -0.05) is 19.3 Å². The van der Waals surface area contributed by atoms with Crippen LogP contribution in [0.1, 0.15) is 61.4 Å². The summed E-state index contributed by atoms with van der Waals surface area (Å²) in [5, 5.41) is 4.25. The summed E-state index contributed by atoms with van der Waals surface area (Å²) in [5.41, 5.74) is -2.38. The molecule has 182 valence electrons. The van der Waals surface area contributed by atoms with Gasteiger partial charge in [-0.25, -0.2) is 0 Å². The third-order valence-corrected chi connectivity index (χ3v) is 6.47. The molecule has 33 heavy (non-hydrogen) atoms. The van der Waals surface area contributed by atoms with Gasteiger partial charge in [0.05, 0.1) is 23.6 Å². The predicted octanol–water partition coefficient (Wildman–Crippen LogP) is 5.70. The minimum atomic E-state index is -4.93. The maximum atomic E-state index is 13.0. The molecule has 2 aromatic rings. The number of amides is 1. The van der Waals surface area contributed by atoms with Crippen molar-refractivity contribution in [1.82, 2.24) is 9.88 Å². The Labute approximate surface area is 191 Å². The standard InChI is InChI=1S/C22H25F6N3OS/c1-2-31-18(13-33-20(31)30-17-6-4-3-5-7-17)11-19(32)29-12-14-8-15(21(23,24)25)10-16(9-14)22(26,27)28/h8-10,13,17H,2-7,11-12H2,1H3,(H,29,32). The van der Waals surface area contributed by atoms with Gasteiger partial charge in [-0.05, 0) is 43.5 Å². The van der Waals surface area contributed by atoms with Crippen LogP contribution in [-0.2, 0) is 36.7 Å². The van der Waals surface area contributed by atoms with Crippen molar-refractivity contribution in [3.8, 4) is 0 Å². The summed E-state index contributed by atoms with van der Waals surface area (Å²) < 4.78 is 80.0. The second-order valence-electron chi connectivity index (χ2n) is 8.04. The number of aromatic nitrogens is 1. The summed E-state index contributed by atoms with van der Waals surface area (Å²) in [6, 6.07) is 1.57. The van der Waals surface area contributed by atoms with Crippen molar-refractivity contribution in [2.24, 2.45) is 4.99 Å². The number of carbonyl (C=O) groups is 1. The zero-order chi connectivity index (χ0) is 24.2. The lowest BCUT2D eigenvalue weighted by atomic mass is 9.96. The fourth-order valence-electron chi connectivity index (χ4n) is 3.86. The Balaban J connectivity index is 1.71. The molecule has 0 spiro atoms. The number of alkyl halides is 6. The van der Waals surface area contributed by atoms with Gasteiger partial charge in [-0.2, -0.15) is 26.3 Å². The van der Waals surface area contributed by atoms with E-state index in [2.05, 4.69) is 5.32 Å². The van der Waals surface area contributed by atoms with Gasteiger partial charge in [0, 0.05) is 24.2 Å². The number of hydrogen-bond acceptors (Lipinski definition) is 3. The Morgan fingerprint density at radius 3 is 2.21 bits per heavy atom. The Bertz CT molecular complexity index is 1000. The number of nitrogens with one attached hydrogen (secondary N) is 1. The molecule has 0 unspecified atom stereocenters. The van der Waals surface area contributed by atoms with Gasteiger partial charge in [0.1, 0.15) is 0 Å². The minimum absolute atomic E-state index is 0.0460. The Hall–Kier alpha value is -2.30. The Morgan fingerprint density at radius 2 is 1.67 bits per heavy atom. The molecular weight excluding hydrogens is 468 g/mol. The van der Waals surface area contributed by atoms with Gasteiger partial charge in [0.15, 0.2) is 4.80 Å². The van der Waals surface area contributed by atoms with Crippen LogP contribution >= 0.6 is 11.3 Å². The molecule has 1 fully saturated rings. The van der Waals surface area contributed by atoms with Gasteiger partial charge in [0.25, 0.3) is 0 Å². The molecule has 0 saturated heterocycles. The molecule has 1 saturated carbocycles. The van der Waals surface area contributed by atoms with Crippen molar-refractivity contribution in [2.75, 3.05) is 0 Å². The molecule has 0 radical (unpaired) electrons. The summed E-state index contributed by atoms with van der Waals surface area (Å²) in [5.74, 6) is -0.495. The number of halogens is 6. The molecule has 1 N–H and O–H groups in total. The average molecular weight is 494 g/mol. The molecule has 11 heteroatoms. The highest BCUT2D eigenvalue weighted by molar-refractivity contribution is 7.07. The lowest BCUT2D eigenvalue weighted by Crippen LogP contribution is -2.28. The summed E-state index contributed by atoms with van der Waals surface area (Å²) in [6.45, 7) is 2.08. The first-order valence-electron chi connectivity index (χ1n) is 10.7. The SMILES string of the molecule is CCn1c(CC(=O)NCc2cc(C(F)(F)F)cc(C(F)(F)F)c2)csc1=NC1CCCCC1. The maximum Gasteiger partial charge on any atom is 0.416 e. The zero-order valence-electron chi connectivity index (χ0n) is 18.0. The highest BCUT2D eigenvalue weighted by Gasteiger charge is 2.36. The lowest BCUT2D eigenvalue weighted by molar-refractivity contribution is -0.143. The zero-order valence-corrected chi connectivity index (χ0v) is 18.8. The number of hydrogen-bond donors (Lipinski definition) is 1. The predicted molar refractivity (Wildman–Crippen MR) is 112 cm³/mol. The molecule has 1 aliphatic carbocycles. The van der Waals surface area contributed by atoms with E-state index >= 15 is 0 Å². The Kier molecular flexibility index (Phi) is 7.92. The van der Waals surface area contributed by atoms with Crippen LogP contribution in [-0.4, -0.2) is 16.5 Å². The van der Waals surface area contributed by atoms with Crippen molar-refractivity contribution in [3.63, 3.8) is 0 Å². The van der Waals surface area contributed by atoms with E-state index in [1.807, 2.05) is 16.9 Å². The summed E-state index contributed by atoms with van der Waals surface area (Å²) in [6.07, 6.45) is -4.33. The molecule has 1 aliphatic rings. The van der Waals surface area contributed by atoms with E-state index in [0.29, 0.717) is 24.4 Å². The van der Waals surface area contributed by atoms with Crippen LogP contribution < -0.4 is 10.1 Å². The average Bonchev–Trinajstić information content (AvgIpc) is 3.12. The maximum absolute atomic E-state index is 13.0. The van der Waals surface area contributed by atoms with Crippen molar-refractivity contribution in [1.29, 1.82) is 0 Å². The van der Waals surface area contributed by atoms with Crippen LogP contribution in [0.2, 0.25) is 0 Å². The van der Waals surface area contributed by atoms with Gasteiger partial charge >= 0.3 is 12.4 Å². The Morgan fingerprint density at radius 1 is 1.06 bits per heavy atom. The smallest absolute Gasteiger partial charge is 0.352 e.